The molecule has 0 N–H and O–H groups in total. The van der Waals surface area contributed by atoms with Crippen LogP contribution in [0, 0.1) is 0 Å². The van der Waals surface area contributed by atoms with Crippen LogP contribution in [-0.4, -0.2) is 11.9 Å². The first-order valence-electron chi connectivity index (χ1n) is 7.31. The quantitative estimate of drug-likeness (QED) is 0.466. The summed E-state index contributed by atoms with van der Waals surface area (Å²) in [4.78, 5) is 0. The highest BCUT2D eigenvalue weighted by molar-refractivity contribution is 6.33. The molecule has 0 bridgehead atoms. The van der Waals surface area contributed by atoms with E-state index in [1.165, 1.54) is 0 Å². The Bertz CT molecular complexity index is 783. The molecule has 0 amide bonds. The fourth-order valence-electron chi connectivity index (χ4n) is 2.20. The van der Waals surface area contributed by atoms with Crippen LogP contribution < -0.4 is 0 Å². The van der Waals surface area contributed by atoms with Crippen molar-refractivity contribution < 1.29 is 0 Å². The van der Waals surface area contributed by atoms with Crippen molar-refractivity contribution in [1.29, 1.82) is 0 Å². The average Bonchev–Trinajstić information content (AvgIpc) is 2.62. The lowest BCUT2D eigenvalue weighted by molar-refractivity contribution is 1.24. The molecule has 112 valence electrons. The molecule has 3 rings (SSSR count). The summed E-state index contributed by atoms with van der Waals surface area (Å²) in [6, 6.07) is 27.6. The maximum absolute atomic E-state index is 6.13. The number of nitrogens with zero attached hydrogens (tertiary/aromatic N) is 2. The minimum absolute atomic E-state index is 0.660. The predicted molar refractivity (Wildman–Crippen MR) is 97.6 cm³/mol. The van der Waals surface area contributed by atoms with Crippen molar-refractivity contribution in [2.45, 2.75) is 0 Å². The van der Waals surface area contributed by atoms with Gasteiger partial charge in [0.1, 0.15) is 5.71 Å². The van der Waals surface area contributed by atoms with Crippen molar-refractivity contribution in [2.24, 2.45) is 10.2 Å². The summed E-state index contributed by atoms with van der Waals surface area (Å²) in [5, 5.41) is 9.32. The summed E-state index contributed by atoms with van der Waals surface area (Å²) < 4.78 is 0. The molecule has 0 heterocycles. The first-order chi connectivity index (χ1) is 11.3. The lowest BCUT2D eigenvalue weighted by Crippen LogP contribution is -2.02. The standard InChI is InChI=1S/C20H15ClN2/c21-19-14-8-7-13-18(19)15-22-23-20(16-9-3-1-4-10-16)17-11-5-2-6-12-17/h1-15H/b22-15-. The molecule has 0 radical (unpaired) electrons. The SMILES string of the molecule is Clc1ccccc1/C=N\N=C(c1ccccc1)c1ccccc1. The van der Waals surface area contributed by atoms with Crippen LogP contribution >= 0.6 is 11.6 Å². The molecule has 0 fully saturated rings. The van der Waals surface area contributed by atoms with Crippen LogP contribution in [-0.2, 0) is 0 Å². The van der Waals surface area contributed by atoms with Crippen LogP contribution in [0.5, 0.6) is 0 Å². The second-order valence-corrected chi connectivity index (χ2v) is 5.35. The van der Waals surface area contributed by atoms with Gasteiger partial charge in [0, 0.05) is 21.7 Å². The van der Waals surface area contributed by atoms with Crippen molar-refractivity contribution in [3.8, 4) is 0 Å². The molecule has 0 unspecified atom stereocenters. The topological polar surface area (TPSA) is 24.7 Å². The second-order valence-electron chi connectivity index (χ2n) is 4.95. The molecule has 2 nitrogen and oxygen atoms in total. The molecule has 0 aliphatic carbocycles. The second kappa shape index (κ2) is 7.52. The molecule has 0 spiro atoms. The smallest absolute Gasteiger partial charge is 0.100 e. The highest BCUT2D eigenvalue weighted by Crippen LogP contribution is 2.14. The zero-order valence-corrected chi connectivity index (χ0v) is 13.2. The van der Waals surface area contributed by atoms with Crippen LogP contribution in [0.15, 0.2) is 95.1 Å². The van der Waals surface area contributed by atoms with Gasteiger partial charge in [0.25, 0.3) is 0 Å². The Labute approximate surface area is 140 Å². The van der Waals surface area contributed by atoms with Gasteiger partial charge < -0.3 is 0 Å². The van der Waals surface area contributed by atoms with Gasteiger partial charge in [-0.3, -0.25) is 0 Å². The van der Waals surface area contributed by atoms with E-state index in [4.69, 9.17) is 11.6 Å². The van der Waals surface area contributed by atoms with Gasteiger partial charge >= 0.3 is 0 Å². The third-order valence-corrected chi connectivity index (χ3v) is 3.70. The van der Waals surface area contributed by atoms with Crippen LogP contribution in [0.2, 0.25) is 5.02 Å². The van der Waals surface area contributed by atoms with E-state index < -0.39 is 0 Å². The third kappa shape index (κ3) is 3.93. The van der Waals surface area contributed by atoms with Gasteiger partial charge in [-0.15, -0.1) is 5.10 Å². The molecule has 0 saturated heterocycles. The molecule has 3 aromatic rings. The molecule has 3 aromatic carbocycles. The van der Waals surface area contributed by atoms with Crippen LogP contribution in [0.3, 0.4) is 0 Å². The van der Waals surface area contributed by atoms with Gasteiger partial charge in [-0.25, -0.2) is 0 Å². The van der Waals surface area contributed by atoms with Crippen LogP contribution in [0.1, 0.15) is 16.7 Å². The van der Waals surface area contributed by atoms with Gasteiger partial charge in [0.15, 0.2) is 0 Å². The fourth-order valence-corrected chi connectivity index (χ4v) is 2.39. The van der Waals surface area contributed by atoms with E-state index in [0.717, 1.165) is 22.4 Å². The molecule has 23 heavy (non-hydrogen) atoms. The minimum Gasteiger partial charge on any atom is -0.158 e. The Morgan fingerprint density at radius 1 is 0.696 bits per heavy atom. The van der Waals surface area contributed by atoms with Crippen molar-refractivity contribution in [3.63, 3.8) is 0 Å². The summed E-state index contributed by atoms with van der Waals surface area (Å²) in [5.41, 5.74) is 3.72. The van der Waals surface area contributed by atoms with E-state index in [-0.39, 0.29) is 0 Å². The maximum atomic E-state index is 6.13. The minimum atomic E-state index is 0.660. The molecule has 0 saturated carbocycles. The van der Waals surface area contributed by atoms with Crippen molar-refractivity contribution >= 4 is 23.5 Å². The molecule has 0 aliphatic rings. The molecule has 0 atom stereocenters. The molecular weight excluding hydrogens is 304 g/mol. The average molecular weight is 319 g/mol. The van der Waals surface area contributed by atoms with Gasteiger partial charge in [-0.1, -0.05) is 90.5 Å². The first kappa shape index (κ1) is 15.2. The zero-order valence-electron chi connectivity index (χ0n) is 12.4. The molecule has 0 aliphatic heterocycles. The number of halogens is 1. The Morgan fingerprint density at radius 3 is 1.78 bits per heavy atom. The van der Waals surface area contributed by atoms with E-state index in [1.807, 2.05) is 84.9 Å². The Hall–Kier alpha value is -2.71. The van der Waals surface area contributed by atoms with E-state index in [0.29, 0.717) is 5.02 Å². The summed E-state index contributed by atoms with van der Waals surface area (Å²) >= 11 is 6.13. The lowest BCUT2D eigenvalue weighted by Gasteiger charge is -2.05. The highest BCUT2D eigenvalue weighted by atomic mass is 35.5. The summed E-state index contributed by atoms with van der Waals surface area (Å²) in [6.07, 6.45) is 1.67. The number of hydrogen-bond donors (Lipinski definition) is 0. The molecule has 3 heteroatoms. The Balaban J connectivity index is 1.97. The van der Waals surface area contributed by atoms with Crippen molar-refractivity contribution in [2.75, 3.05) is 0 Å². The number of benzene rings is 3. The summed E-state index contributed by atoms with van der Waals surface area (Å²) in [7, 11) is 0. The van der Waals surface area contributed by atoms with Gasteiger partial charge in [-0.2, -0.15) is 5.10 Å². The summed E-state index contributed by atoms with van der Waals surface area (Å²) in [5.74, 6) is 0. The third-order valence-electron chi connectivity index (χ3n) is 3.35. The molecule has 0 aromatic heterocycles. The van der Waals surface area contributed by atoms with E-state index in [9.17, 15) is 0 Å². The first-order valence-corrected chi connectivity index (χ1v) is 7.69. The van der Waals surface area contributed by atoms with E-state index in [1.54, 1.807) is 6.21 Å². The Kier molecular flexibility index (Phi) is 4.97. The zero-order chi connectivity index (χ0) is 15.9. The summed E-state index contributed by atoms with van der Waals surface area (Å²) in [6.45, 7) is 0. The van der Waals surface area contributed by atoms with Crippen molar-refractivity contribution in [1.82, 2.24) is 0 Å². The predicted octanol–water partition coefficient (Wildman–Crippen LogP) is 5.21. The number of rotatable bonds is 4. The van der Waals surface area contributed by atoms with E-state index in [2.05, 4.69) is 10.2 Å². The van der Waals surface area contributed by atoms with Crippen LogP contribution in [0.25, 0.3) is 0 Å². The van der Waals surface area contributed by atoms with E-state index >= 15 is 0 Å². The maximum Gasteiger partial charge on any atom is 0.100 e. The number of hydrogen-bond acceptors (Lipinski definition) is 2. The van der Waals surface area contributed by atoms with Gasteiger partial charge in [-0.05, 0) is 6.07 Å². The fraction of sp³-hybridized carbons (Fsp3) is 0. The highest BCUT2D eigenvalue weighted by Gasteiger charge is 2.05. The van der Waals surface area contributed by atoms with Crippen LogP contribution in [0.4, 0.5) is 0 Å². The van der Waals surface area contributed by atoms with Gasteiger partial charge in [0.2, 0.25) is 0 Å². The molecular formula is C20H15ClN2. The lowest BCUT2D eigenvalue weighted by atomic mass is 10.0. The van der Waals surface area contributed by atoms with Crippen molar-refractivity contribution in [3.05, 3.63) is 107 Å². The monoisotopic (exact) mass is 318 g/mol. The Morgan fingerprint density at radius 2 is 1.22 bits per heavy atom. The normalized spacial score (nSPS) is 10.7. The largest absolute Gasteiger partial charge is 0.158 e. The van der Waals surface area contributed by atoms with Gasteiger partial charge in [0.05, 0.1) is 6.21 Å².